The first-order chi connectivity index (χ1) is 18.0. The Balaban J connectivity index is 1.19. The van der Waals surface area contributed by atoms with Crippen LogP contribution in [-0.4, -0.2) is 62.8 Å². The number of anilines is 1. The molecule has 1 fully saturated rings. The summed E-state index contributed by atoms with van der Waals surface area (Å²) in [6, 6.07) is 13.9. The molecule has 11 heteroatoms. The molecule has 1 atom stereocenters. The zero-order valence-electron chi connectivity index (χ0n) is 20.2. The number of esters is 1. The summed E-state index contributed by atoms with van der Waals surface area (Å²) in [6.07, 6.45) is 3.51. The number of benzene rings is 1. The molecule has 3 aromatic heterocycles. The molecule has 5 rings (SSSR count). The van der Waals surface area contributed by atoms with Gasteiger partial charge in [-0.3, -0.25) is 9.89 Å². The number of hydrogen-bond donors (Lipinski definition) is 2. The van der Waals surface area contributed by atoms with E-state index < -0.39 is 17.9 Å². The van der Waals surface area contributed by atoms with Gasteiger partial charge in [-0.1, -0.05) is 18.2 Å². The van der Waals surface area contributed by atoms with Gasteiger partial charge in [0.25, 0.3) is 5.91 Å². The zero-order valence-corrected chi connectivity index (χ0v) is 21.0. The molecule has 0 aliphatic carbocycles. The molecule has 1 saturated heterocycles. The lowest BCUT2D eigenvalue weighted by atomic mass is 9.92. The lowest BCUT2D eigenvalue weighted by molar-refractivity contribution is 0.0464. The quantitative estimate of drug-likeness (QED) is 0.279. The number of nitrogens with one attached hydrogen (secondary N) is 2. The Morgan fingerprint density at radius 2 is 1.95 bits per heavy atom. The van der Waals surface area contributed by atoms with Crippen LogP contribution in [0.4, 0.5) is 5.82 Å². The van der Waals surface area contributed by atoms with Gasteiger partial charge in [0, 0.05) is 42.4 Å². The van der Waals surface area contributed by atoms with Crippen LogP contribution in [0, 0.1) is 0 Å². The van der Waals surface area contributed by atoms with Crippen molar-refractivity contribution >= 4 is 40.3 Å². The van der Waals surface area contributed by atoms with E-state index in [1.807, 2.05) is 18.2 Å². The zero-order chi connectivity index (χ0) is 25.8. The molecule has 1 unspecified atom stereocenters. The van der Waals surface area contributed by atoms with Gasteiger partial charge in [0.2, 0.25) is 5.28 Å². The number of rotatable bonds is 7. The van der Waals surface area contributed by atoms with E-state index >= 15 is 0 Å². The smallest absolute Gasteiger partial charge is 0.338 e. The van der Waals surface area contributed by atoms with Crippen LogP contribution in [0.2, 0.25) is 5.28 Å². The number of carbonyl (C=O) groups excluding carboxylic acids is 2. The first kappa shape index (κ1) is 24.6. The molecule has 10 nitrogen and oxygen atoms in total. The van der Waals surface area contributed by atoms with Gasteiger partial charge in [0.05, 0.1) is 11.6 Å². The van der Waals surface area contributed by atoms with Gasteiger partial charge in [-0.2, -0.15) is 5.10 Å². The Kier molecular flexibility index (Phi) is 7.27. The second kappa shape index (κ2) is 10.9. The summed E-state index contributed by atoms with van der Waals surface area (Å²) in [7, 11) is 0. The number of halogens is 1. The fourth-order valence-corrected chi connectivity index (χ4v) is 4.64. The minimum atomic E-state index is -0.447. The number of amides is 1. The van der Waals surface area contributed by atoms with E-state index in [1.165, 1.54) is 0 Å². The number of nitrogens with zero attached hydrogens (tertiary/aromatic N) is 5. The van der Waals surface area contributed by atoms with Crippen LogP contribution in [0.3, 0.4) is 0 Å². The first-order valence-corrected chi connectivity index (χ1v) is 12.5. The largest absolute Gasteiger partial charge is 0.460 e. The standard InChI is InChI=1S/C26H26ClN7O3/c1-16(15-37-25(36)18-6-3-2-4-7-18)29-24(35)20-14-21(31-26(27)30-20)34-12-9-17(10-13-34)22-19-8-5-11-28-23(19)33-32-22/h2-8,11,14,16-17H,9-10,12-13,15H2,1H3,(H,29,35)(H,28,32,33). The Morgan fingerprint density at radius 3 is 2.73 bits per heavy atom. The van der Waals surface area contributed by atoms with E-state index in [4.69, 9.17) is 16.3 Å². The average Bonchev–Trinajstić information content (AvgIpc) is 3.36. The van der Waals surface area contributed by atoms with Gasteiger partial charge in [-0.05, 0) is 55.6 Å². The predicted molar refractivity (Wildman–Crippen MR) is 139 cm³/mol. The number of piperidine rings is 1. The molecule has 190 valence electrons. The molecule has 37 heavy (non-hydrogen) atoms. The first-order valence-electron chi connectivity index (χ1n) is 12.1. The maximum absolute atomic E-state index is 12.9. The number of aromatic amines is 1. The van der Waals surface area contributed by atoms with Crippen LogP contribution >= 0.6 is 11.6 Å². The molecular formula is C26H26ClN7O3. The number of pyridine rings is 1. The lowest BCUT2D eigenvalue weighted by Gasteiger charge is -2.32. The molecule has 0 saturated carbocycles. The highest BCUT2D eigenvalue weighted by Gasteiger charge is 2.26. The van der Waals surface area contributed by atoms with Crippen molar-refractivity contribution in [2.24, 2.45) is 0 Å². The normalized spacial score (nSPS) is 14.9. The van der Waals surface area contributed by atoms with Crippen LogP contribution in [-0.2, 0) is 4.74 Å². The van der Waals surface area contributed by atoms with E-state index in [-0.39, 0.29) is 17.6 Å². The summed E-state index contributed by atoms with van der Waals surface area (Å²) < 4.78 is 5.31. The highest BCUT2D eigenvalue weighted by atomic mass is 35.5. The summed E-state index contributed by atoms with van der Waals surface area (Å²) in [5.74, 6) is 0.0600. The third-order valence-corrected chi connectivity index (χ3v) is 6.52. The Bertz CT molecular complexity index is 1400. The molecule has 4 aromatic rings. The fraction of sp³-hybridized carbons (Fsp3) is 0.308. The van der Waals surface area contributed by atoms with Crippen LogP contribution in [0.15, 0.2) is 54.7 Å². The lowest BCUT2D eigenvalue weighted by Crippen LogP contribution is -2.37. The highest BCUT2D eigenvalue weighted by Crippen LogP contribution is 2.32. The van der Waals surface area contributed by atoms with Crippen molar-refractivity contribution in [3.63, 3.8) is 0 Å². The maximum Gasteiger partial charge on any atom is 0.338 e. The van der Waals surface area contributed by atoms with Crippen molar-refractivity contribution in [2.75, 3.05) is 24.6 Å². The van der Waals surface area contributed by atoms with Gasteiger partial charge in [-0.15, -0.1) is 0 Å². The van der Waals surface area contributed by atoms with Gasteiger partial charge in [0.15, 0.2) is 5.65 Å². The van der Waals surface area contributed by atoms with Crippen molar-refractivity contribution in [1.29, 1.82) is 0 Å². The molecule has 1 aliphatic rings. The van der Waals surface area contributed by atoms with Gasteiger partial charge >= 0.3 is 5.97 Å². The summed E-state index contributed by atoms with van der Waals surface area (Å²) >= 11 is 6.18. The molecule has 0 spiro atoms. The Morgan fingerprint density at radius 1 is 1.16 bits per heavy atom. The van der Waals surface area contributed by atoms with Crippen LogP contribution in [0.25, 0.3) is 11.0 Å². The third-order valence-electron chi connectivity index (χ3n) is 6.36. The average molecular weight is 520 g/mol. The number of fused-ring (bicyclic) bond motifs is 1. The van der Waals surface area contributed by atoms with E-state index in [2.05, 4.69) is 35.4 Å². The molecule has 4 heterocycles. The second-order valence-corrected chi connectivity index (χ2v) is 9.33. The molecular weight excluding hydrogens is 494 g/mol. The molecule has 1 aromatic carbocycles. The van der Waals surface area contributed by atoms with E-state index in [0.29, 0.717) is 17.3 Å². The second-order valence-electron chi connectivity index (χ2n) is 8.99. The Hall–Kier alpha value is -4.05. The molecule has 1 amide bonds. The van der Waals surface area contributed by atoms with E-state index in [1.54, 1.807) is 43.5 Å². The fourth-order valence-electron chi connectivity index (χ4n) is 4.46. The molecule has 0 radical (unpaired) electrons. The van der Waals surface area contributed by atoms with Crippen molar-refractivity contribution in [3.8, 4) is 0 Å². The van der Waals surface area contributed by atoms with Crippen molar-refractivity contribution in [3.05, 3.63) is 77.0 Å². The SMILES string of the molecule is CC(COC(=O)c1ccccc1)NC(=O)c1cc(N2CCC(c3[nH]nc4ncccc34)CC2)nc(Cl)n1. The topological polar surface area (TPSA) is 126 Å². The van der Waals surface area contributed by atoms with Gasteiger partial charge < -0.3 is 15.0 Å². The third kappa shape index (κ3) is 5.69. The van der Waals surface area contributed by atoms with Crippen molar-refractivity contribution in [2.45, 2.75) is 31.7 Å². The minimum Gasteiger partial charge on any atom is -0.460 e. The van der Waals surface area contributed by atoms with Crippen LogP contribution in [0.1, 0.15) is 52.2 Å². The van der Waals surface area contributed by atoms with Crippen molar-refractivity contribution in [1.82, 2.24) is 30.5 Å². The number of carbonyl (C=O) groups is 2. The number of aromatic nitrogens is 5. The number of hydrogen-bond acceptors (Lipinski definition) is 8. The number of ether oxygens (including phenoxy) is 1. The van der Waals surface area contributed by atoms with Gasteiger partial charge in [0.1, 0.15) is 18.1 Å². The molecule has 2 N–H and O–H groups in total. The summed E-state index contributed by atoms with van der Waals surface area (Å²) in [5, 5.41) is 11.3. The molecule has 1 aliphatic heterocycles. The monoisotopic (exact) mass is 519 g/mol. The summed E-state index contributed by atoms with van der Waals surface area (Å²) in [5.41, 5.74) is 2.44. The maximum atomic E-state index is 12.9. The van der Waals surface area contributed by atoms with Crippen LogP contribution in [0.5, 0.6) is 0 Å². The number of H-pyrrole nitrogens is 1. The van der Waals surface area contributed by atoms with Crippen LogP contribution < -0.4 is 10.2 Å². The molecule has 0 bridgehead atoms. The highest BCUT2D eigenvalue weighted by molar-refractivity contribution is 6.28. The Labute approximate surface area is 218 Å². The van der Waals surface area contributed by atoms with E-state index in [0.717, 1.165) is 42.7 Å². The predicted octanol–water partition coefficient (Wildman–Crippen LogP) is 3.76. The van der Waals surface area contributed by atoms with Crippen molar-refractivity contribution < 1.29 is 14.3 Å². The van der Waals surface area contributed by atoms with E-state index in [9.17, 15) is 9.59 Å². The summed E-state index contributed by atoms with van der Waals surface area (Å²) in [4.78, 5) is 39.9. The van der Waals surface area contributed by atoms with Gasteiger partial charge in [-0.25, -0.2) is 19.7 Å². The summed E-state index contributed by atoms with van der Waals surface area (Å²) in [6.45, 7) is 3.26. The minimum absolute atomic E-state index is 0.00133.